The second-order valence-electron chi connectivity index (χ2n) is 6.82. The molecule has 0 fully saturated rings. The molecule has 3 aromatic rings. The Kier molecular flexibility index (Phi) is 8.80. The van der Waals surface area contributed by atoms with Crippen molar-refractivity contribution >= 4 is 52.2 Å². The van der Waals surface area contributed by atoms with Crippen LogP contribution in [0, 0.1) is 20.8 Å². The summed E-state index contributed by atoms with van der Waals surface area (Å²) in [7, 11) is 13.5. The van der Waals surface area contributed by atoms with E-state index in [2.05, 4.69) is 100 Å². The zero-order valence-electron chi connectivity index (χ0n) is 16.2. The Morgan fingerprint density at radius 1 is 0.519 bits per heavy atom. The number of hydrogen-bond acceptors (Lipinski definition) is 0. The Hall–Kier alpha value is -0.417. The van der Waals surface area contributed by atoms with Crippen molar-refractivity contribution in [2.45, 2.75) is 20.8 Å². The Morgan fingerprint density at radius 2 is 0.704 bits per heavy atom. The summed E-state index contributed by atoms with van der Waals surface area (Å²) in [6.07, 6.45) is 0. The molecule has 0 atom stereocenters. The molecular formula is C22H24Cl3PZn. The maximum absolute atomic E-state index is 5.01. The molecule has 0 radical (unpaired) electrons. The molecule has 3 rings (SSSR count). The van der Waals surface area contributed by atoms with Crippen LogP contribution in [0.1, 0.15) is 16.7 Å². The SMILES string of the molecule is Cc1ccc([P+](C)(c2ccc(C)cc2)c2ccc(C)cc2)cc1.[Cl][Zn-]([Cl])[Cl]. The predicted molar refractivity (Wildman–Crippen MR) is 123 cm³/mol. The Morgan fingerprint density at radius 3 is 0.889 bits per heavy atom. The quantitative estimate of drug-likeness (QED) is 0.286. The summed E-state index contributed by atoms with van der Waals surface area (Å²) < 4.78 is 0. The van der Waals surface area contributed by atoms with E-state index in [1.807, 2.05) is 0 Å². The van der Waals surface area contributed by atoms with Gasteiger partial charge in [0.15, 0.2) is 0 Å². The molecule has 0 saturated carbocycles. The molecule has 3 aromatic carbocycles. The first kappa shape index (κ1) is 22.9. The van der Waals surface area contributed by atoms with Gasteiger partial charge in [0, 0.05) is 0 Å². The first-order valence-electron chi connectivity index (χ1n) is 8.88. The number of benzene rings is 3. The number of aryl methyl sites for hydroxylation is 3. The van der Waals surface area contributed by atoms with Crippen LogP contribution in [-0.4, -0.2) is 6.66 Å². The van der Waals surface area contributed by atoms with Crippen molar-refractivity contribution in [2.75, 3.05) is 6.66 Å². The molecule has 0 unspecified atom stereocenters. The van der Waals surface area contributed by atoms with Gasteiger partial charge in [-0.05, 0) is 57.2 Å². The van der Waals surface area contributed by atoms with Gasteiger partial charge in [-0.2, -0.15) is 0 Å². The summed E-state index contributed by atoms with van der Waals surface area (Å²) in [5, 5.41) is 4.32. The first-order valence-corrected chi connectivity index (χ1v) is 22.8. The van der Waals surface area contributed by atoms with E-state index in [9.17, 15) is 0 Å². The molecule has 0 amide bonds. The van der Waals surface area contributed by atoms with Gasteiger partial charge in [0.1, 0.15) is 23.2 Å². The molecular weight excluding hydrogens is 467 g/mol. The molecule has 27 heavy (non-hydrogen) atoms. The van der Waals surface area contributed by atoms with Gasteiger partial charge in [-0.15, -0.1) is 0 Å². The van der Waals surface area contributed by atoms with E-state index in [0.29, 0.717) is 0 Å². The van der Waals surface area contributed by atoms with E-state index in [1.54, 1.807) is 0 Å². The normalized spacial score (nSPS) is 10.8. The van der Waals surface area contributed by atoms with Crippen LogP contribution < -0.4 is 15.9 Å². The van der Waals surface area contributed by atoms with E-state index in [1.165, 1.54) is 32.6 Å². The van der Waals surface area contributed by atoms with Crippen molar-refractivity contribution in [3.8, 4) is 0 Å². The maximum atomic E-state index is 5.01. The summed E-state index contributed by atoms with van der Waals surface area (Å²) in [5.74, 6) is 0. The summed E-state index contributed by atoms with van der Waals surface area (Å²) in [6.45, 7) is 8.89. The molecule has 0 bridgehead atoms. The Labute approximate surface area is 181 Å². The fraction of sp³-hybridized carbons (Fsp3) is 0.182. The van der Waals surface area contributed by atoms with Crippen LogP contribution in [0.15, 0.2) is 72.8 Å². The van der Waals surface area contributed by atoms with Gasteiger partial charge in [-0.3, -0.25) is 0 Å². The van der Waals surface area contributed by atoms with Crippen LogP contribution in [0.4, 0.5) is 0 Å². The second kappa shape index (κ2) is 10.4. The summed E-state index contributed by atoms with van der Waals surface area (Å²) >= 11 is -2.21. The van der Waals surface area contributed by atoms with Crippen LogP contribution in [0.3, 0.4) is 0 Å². The van der Waals surface area contributed by atoms with E-state index in [-0.39, 0.29) is 0 Å². The van der Waals surface area contributed by atoms with Crippen molar-refractivity contribution in [1.82, 2.24) is 0 Å². The average Bonchev–Trinajstić information content (AvgIpc) is 2.62. The van der Waals surface area contributed by atoms with Crippen LogP contribution in [-0.2, 0) is 13.0 Å². The third-order valence-corrected chi connectivity index (χ3v) is 8.64. The van der Waals surface area contributed by atoms with Crippen LogP contribution >= 0.6 is 36.3 Å². The molecule has 0 aliphatic rings. The van der Waals surface area contributed by atoms with Gasteiger partial charge >= 0.3 is 42.1 Å². The molecule has 0 spiro atoms. The Bertz CT molecular complexity index is 731. The molecule has 0 aromatic heterocycles. The van der Waals surface area contributed by atoms with Crippen LogP contribution in [0.5, 0.6) is 0 Å². The molecule has 0 nitrogen and oxygen atoms in total. The summed E-state index contributed by atoms with van der Waals surface area (Å²) in [4.78, 5) is 0. The monoisotopic (exact) mass is 488 g/mol. The second-order valence-corrected chi connectivity index (χ2v) is 24.2. The molecule has 0 aliphatic heterocycles. The van der Waals surface area contributed by atoms with Crippen molar-refractivity contribution in [3.63, 3.8) is 0 Å². The van der Waals surface area contributed by atoms with Gasteiger partial charge < -0.3 is 0 Å². The zero-order valence-corrected chi connectivity index (χ0v) is 22.3. The van der Waals surface area contributed by atoms with Crippen molar-refractivity contribution in [1.29, 1.82) is 0 Å². The number of halogens is 3. The molecule has 5 heteroatoms. The fourth-order valence-corrected chi connectivity index (χ4v) is 6.11. The molecule has 0 heterocycles. The van der Waals surface area contributed by atoms with Crippen molar-refractivity contribution in [3.05, 3.63) is 89.5 Å². The molecule has 0 N–H and O–H groups in total. The average molecular weight is 491 g/mol. The van der Waals surface area contributed by atoms with Gasteiger partial charge in [0.25, 0.3) is 0 Å². The third kappa shape index (κ3) is 6.28. The van der Waals surface area contributed by atoms with Crippen LogP contribution in [0.25, 0.3) is 0 Å². The van der Waals surface area contributed by atoms with E-state index < -0.39 is 20.2 Å². The van der Waals surface area contributed by atoms with Gasteiger partial charge in [-0.25, -0.2) is 0 Å². The van der Waals surface area contributed by atoms with E-state index >= 15 is 0 Å². The predicted octanol–water partition coefficient (Wildman–Crippen LogP) is 6.60. The van der Waals surface area contributed by atoms with Gasteiger partial charge in [0.2, 0.25) is 0 Å². The van der Waals surface area contributed by atoms with Crippen molar-refractivity contribution in [2.24, 2.45) is 0 Å². The number of rotatable bonds is 3. The standard InChI is InChI=1S/C22H24P.3ClH.Zn/c1-17-5-11-20(12-6-17)23(4,21-13-7-18(2)8-14-21)22-15-9-19(3)10-16-22;;;;/h5-16H,1-4H3;3*1H;/q+1;;;;+2/p-3. The van der Waals surface area contributed by atoms with Crippen molar-refractivity contribution < 1.29 is 13.0 Å². The topological polar surface area (TPSA) is 0 Å². The minimum absolute atomic E-state index is 1.31. The summed E-state index contributed by atoms with van der Waals surface area (Å²) in [6, 6.07) is 27.2. The number of hydrogen-bond donors (Lipinski definition) is 0. The van der Waals surface area contributed by atoms with E-state index in [0.717, 1.165) is 0 Å². The molecule has 140 valence electrons. The van der Waals surface area contributed by atoms with Gasteiger partial charge in [0.05, 0.1) is 6.66 Å². The first-order chi connectivity index (χ1) is 12.7. The molecule has 0 saturated heterocycles. The fourth-order valence-electron chi connectivity index (χ4n) is 2.98. The minimum atomic E-state index is -2.21. The van der Waals surface area contributed by atoms with Gasteiger partial charge in [-0.1, -0.05) is 53.1 Å². The summed E-state index contributed by atoms with van der Waals surface area (Å²) in [5.41, 5.74) is 3.94. The van der Waals surface area contributed by atoms with Crippen LogP contribution in [0.2, 0.25) is 0 Å². The zero-order chi connectivity index (χ0) is 20.0. The Balaban J connectivity index is 0.000000596. The van der Waals surface area contributed by atoms with E-state index in [4.69, 9.17) is 29.1 Å². The molecule has 0 aliphatic carbocycles. The third-order valence-electron chi connectivity index (χ3n) is 4.65.